The Labute approximate surface area is 135 Å². The van der Waals surface area contributed by atoms with Crippen molar-refractivity contribution in [2.45, 2.75) is 0 Å². The van der Waals surface area contributed by atoms with Crippen LogP contribution in [0.3, 0.4) is 0 Å². The molecule has 0 unspecified atom stereocenters. The Morgan fingerprint density at radius 1 is 1.29 bits per heavy atom. The highest BCUT2D eigenvalue weighted by atomic mass is 19.1. The standard InChI is InChI=1S/C15H12FN3O5/c16-10-2-1-3-11(6-10)17-14(20)9-7-18(8-9)15(21)12-4-5-13(24-12)19(22)23/h1-6,9H,7-8H2,(H,17,20). The highest BCUT2D eigenvalue weighted by Crippen LogP contribution is 2.23. The smallest absolute Gasteiger partial charge is 0.395 e. The van der Waals surface area contributed by atoms with E-state index >= 15 is 0 Å². The lowest BCUT2D eigenvalue weighted by atomic mass is 9.98. The summed E-state index contributed by atoms with van der Waals surface area (Å²) in [5, 5.41) is 13.1. The number of amides is 2. The van der Waals surface area contributed by atoms with Crippen LogP contribution in [0, 0.1) is 21.8 Å². The molecule has 0 atom stereocenters. The summed E-state index contributed by atoms with van der Waals surface area (Å²) < 4.78 is 17.9. The van der Waals surface area contributed by atoms with Crippen LogP contribution >= 0.6 is 0 Å². The van der Waals surface area contributed by atoms with Crippen molar-refractivity contribution < 1.29 is 23.3 Å². The molecular formula is C15H12FN3O5. The molecule has 0 saturated carbocycles. The van der Waals surface area contributed by atoms with Crippen LogP contribution in [0.25, 0.3) is 0 Å². The van der Waals surface area contributed by atoms with E-state index in [-0.39, 0.29) is 24.8 Å². The lowest BCUT2D eigenvalue weighted by Gasteiger charge is -2.37. The molecular weight excluding hydrogens is 321 g/mol. The molecule has 3 rings (SSSR count). The number of carbonyl (C=O) groups is 2. The van der Waals surface area contributed by atoms with Crippen molar-refractivity contribution in [2.75, 3.05) is 18.4 Å². The van der Waals surface area contributed by atoms with Gasteiger partial charge in [-0.15, -0.1) is 0 Å². The van der Waals surface area contributed by atoms with Gasteiger partial charge in [-0.05, 0) is 24.3 Å². The van der Waals surface area contributed by atoms with Crippen LogP contribution in [-0.2, 0) is 4.79 Å². The van der Waals surface area contributed by atoms with Crippen molar-refractivity contribution in [1.29, 1.82) is 0 Å². The van der Waals surface area contributed by atoms with Gasteiger partial charge >= 0.3 is 5.88 Å². The predicted molar refractivity (Wildman–Crippen MR) is 79.8 cm³/mol. The second-order valence-electron chi connectivity index (χ2n) is 5.30. The Morgan fingerprint density at radius 2 is 2.04 bits per heavy atom. The summed E-state index contributed by atoms with van der Waals surface area (Å²) >= 11 is 0. The third-order valence-electron chi connectivity index (χ3n) is 3.61. The lowest BCUT2D eigenvalue weighted by molar-refractivity contribution is -0.402. The van der Waals surface area contributed by atoms with E-state index in [4.69, 9.17) is 4.42 Å². The van der Waals surface area contributed by atoms with Gasteiger partial charge in [0.2, 0.25) is 5.91 Å². The molecule has 0 radical (unpaired) electrons. The molecule has 0 bridgehead atoms. The zero-order chi connectivity index (χ0) is 17.3. The van der Waals surface area contributed by atoms with Gasteiger partial charge in [-0.3, -0.25) is 19.7 Å². The average molecular weight is 333 g/mol. The first-order valence-electron chi connectivity index (χ1n) is 7.04. The number of benzene rings is 1. The fourth-order valence-electron chi connectivity index (χ4n) is 2.32. The molecule has 1 saturated heterocycles. The molecule has 124 valence electrons. The van der Waals surface area contributed by atoms with Crippen LogP contribution in [0.5, 0.6) is 0 Å². The molecule has 1 fully saturated rings. The minimum atomic E-state index is -0.734. The number of hydrogen-bond acceptors (Lipinski definition) is 5. The number of rotatable bonds is 4. The van der Waals surface area contributed by atoms with Crippen LogP contribution in [0.15, 0.2) is 40.8 Å². The van der Waals surface area contributed by atoms with E-state index in [0.717, 1.165) is 6.07 Å². The van der Waals surface area contributed by atoms with Gasteiger partial charge in [-0.1, -0.05) is 6.07 Å². The molecule has 1 aliphatic heterocycles. The van der Waals surface area contributed by atoms with Crippen molar-refractivity contribution in [2.24, 2.45) is 5.92 Å². The van der Waals surface area contributed by atoms with Crippen molar-refractivity contribution in [3.63, 3.8) is 0 Å². The summed E-state index contributed by atoms with van der Waals surface area (Å²) in [6.07, 6.45) is 0. The summed E-state index contributed by atoms with van der Waals surface area (Å²) in [4.78, 5) is 35.2. The fourth-order valence-corrected chi connectivity index (χ4v) is 2.32. The minimum Gasteiger partial charge on any atom is -0.395 e. The van der Waals surface area contributed by atoms with E-state index in [1.165, 1.54) is 29.2 Å². The maximum Gasteiger partial charge on any atom is 0.433 e. The van der Waals surface area contributed by atoms with Gasteiger partial charge in [0.1, 0.15) is 10.7 Å². The van der Waals surface area contributed by atoms with E-state index in [2.05, 4.69) is 5.32 Å². The molecule has 24 heavy (non-hydrogen) atoms. The van der Waals surface area contributed by atoms with Crippen molar-refractivity contribution in [3.05, 3.63) is 58.1 Å². The Bertz CT molecular complexity index is 813. The van der Waals surface area contributed by atoms with Crippen LogP contribution in [-0.4, -0.2) is 34.7 Å². The molecule has 8 nitrogen and oxygen atoms in total. The number of nitrogens with zero attached hydrogens (tertiary/aromatic N) is 2. The number of likely N-dealkylation sites (tertiary alicyclic amines) is 1. The number of hydrogen-bond donors (Lipinski definition) is 1. The molecule has 0 spiro atoms. The summed E-state index contributed by atoms with van der Waals surface area (Å²) in [7, 11) is 0. The molecule has 9 heteroatoms. The predicted octanol–water partition coefficient (Wildman–Crippen LogP) is 2.04. The van der Waals surface area contributed by atoms with Gasteiger partial charge < -0.3 is 14.6 Å². The topological polar surface area (TPSA) is 106 Å². The number of anilines is 1. The zero-order valence-electron chi connectivity index (χ0n) is 12.3. The van der Waals surface area contributed by atoms with Gasteiger partial charge in [-0.25, -0.2) is 4.39 Å². The third kappa shape index (κ3) is 3.09. The van der Waals surface area contributed by atoms with Gasteiger partial charge in [-0.2, -0.15) is 0 Å². The quantitative estimate of drug-likeness (QED) is 0.681. The molecule has 2 amide bonds. The normalized spacial score (nSPS) is 14.1. The van der Waals surface area contributed by atoms with E-state index < -0.39 is 28.4 Å². The van der Waals surface area contributed by atoms with Crippen LogP contribution in [0.4, 0.5) is 16.0 Å². The van der Waals surface area contributed by atoms with E-state index in [9.17, 15) is 24.1 Å². The summed E-state index contributed by atoms with van der Waals surface area (Å²) in [6, 6.07) is 7.82. The molecule has 0 aliphatic carbocycles. The number of nitro groups is 1. The third-order valence-corrected chi connectivity index (χ3v) is 3.61. The van der Waals surface area contributed by atoms with Gasteiger partial charge in [0, 0.05) is 18.8 Å². The van der Waals surface area contributed by atoms with Crippen LogP contribution < -0.4 is 5.32 Å². The Balaban J connectivity index is 1.55. The monoisotopic (exact) mass is 333 g/mol. The Kier molecular flexibility index (Phi) is 3.98. The highest BCUT2D eigenvalue weighted by molar-refractivity contribution is 5.97. The average Bonchev–Trinajstić information content (AvgIpc) is 2.95. The van der Waals surface area contributed by atoms with Crippen LogP contribution in [0.2, 0.25) is 0 Å². The first kappa shape index (κ1) is 15.7. The maximum absolute atomic E-state index is 13.1. The molecule has 1 aromatic carbocycles. The van der Waals surface area contributed by atoms with E-state index in [0.29, 0.717) is 5.69 Å². The first-order chi connectivity index (χ1) is 11.4. The molecule has 1 N–H and O–H groups in total. The summed E-state index contributed by atoms with van der Waals surface area (Å²) in [5.74, 6) is -2.39. The maximum atomic E-state index is 13.1. The van der Waals surface area contributed by atoms with E-state index in [1.54, 1.807) is 6.07 Å². The molecule has 2 aromatic rings. The number of carbonyl (C=O) groups excluding carboxylic acids is 2. The number of furan rings is 1. The summed E-state index contributed by atoms with van der Waals surface area (Å²) in [6.45, 7) is 0.322. The zero-order valence-corrected chi connectivity index (χ0v) is 12.3. The Morgan fingerprint density at radius 3 is 2.67 bits per heavy atom. The second kappa shape index (κ2) is 6.11. The largest absolute Gasteiger partial charge is 0.433 e. The van der Waals surface area contributed by atoms with Crippen LogP contribution in [0.1, 0.15) is 10.6 Å². The molecule has 2 heterocycles. The van der Waals surface area contributed by atoms with Crippen molar-refractivity contribution in [1.82, 2.24) is 4.90 Å². The number of nitrogens with one attached hydrogen (secondary N) is 1. The molecule has 1 aliphatic rings. The number of halogens is 1. The summed E-state index contributed by atoms with van der Waals surface area (Å²) in [5.41, 5.74) is 0.339. The van der Waals surface area contributed by atoms with Gasteiger partial charge in [0.05, 0.1) is 12.0 Å². The van der Waals surface area contributed by atoms with Crippen molar-refractivity contribution >= 4 is 23.4 Å². The van der Waals surface area contributed by atoms with Gasteiger partial charge in [0.25, 0.3) is 5.91 Å². The first-order valence-corrected chi connectivity index (χ1v) is 7.04. The molecule has 1 aromatic heterocycles. The SMILES string of the molecule is O=C(Nc1cccc(F)c1)C1CN(C(=O)c2ccc([N+](=O)[O-])o2)C1. The lowest BCUT2D eigenvalue weighted by Crippen LogP contribution is -2.54. The second-order valence-corrected chi connectivity index (χ2v) is 5.30. The highest BCUT2D eigenvalue weighted by Gasteiger charge is 2.37. The fraction of sp³-hybridized carbons (Fsp3) is 0.200. The van der Waals surface area contributed by atoms with Gasteiger partial charge in [0.15, 0.2) is 5.76 Å². The van der Waals surface area contributed by atoms with Crippen molar-refractivity contribution in [3.8, 4) is 0 Å². The minimum absolute atomic E-state index is 0.148. The van der Waals surface area contributed by atoms with E-state index in [1.807, 2.05) is 0 Å². The Hall–Kier alpha value is -3.23.